The van der Waals surface area contributed by atoms with E-state index in [1.807, 2.05) is 0 Å². The van der Waals surface area contributed by atoms with Gasteiger partial charge in [-0.1, -0.05) is 0 Å². The van der Waals surface area contributed by atoms with Crippen molar-refractivity contribution in [3.63, 3.8) is 0 Å². The molecule has 1 aliphatic rings. The van der Waals surface area contributed by atoms with E-state index in [4.69, 9.17) is 5.11 Å². The van der Waals surface area contributed by atoms with Gasteiger partial charge in [-0.15, -0.1) is 0 Å². The lowest BCUT2D eigenvalue weighted by Gasteiger charge is -2.27. The van der Waals surface area contributed by atoms with Crippen LogP contribution in [0.3, 0.4) is 0 Å². The number of aromatic nitrogens is 1. The normalized spacial score (nSPS) is 15.6. The van der Waals surface area contributed by atoms with Gasteiger partial charge in [0.25, 0.3) is 5.91 Å². The number of rotatable bonds is 2. The third-order valence-electron chi connectivity index (χ3n) is 2.63. The summed E-state index contributed by atoms with van der Waals surface area (Å²) in [7, 11) is 0. The van der Waals surface area contributed by atoms with E-state index < -0.39 is 5.97 Å². The van der Waals surface area contributed by atoms with Crippen LogP contribution in [0.15, 0.2) is 18.3 Å². The first-order valence-electron chi connectivity index (χ1n) is 5.38. The fourth-order valence-electron chi connectivity index (χ4n) is 1.73. The highest BCUT2D eigenvalue weighted by Crippen LogP contribution is 2.07. The Morgan fingerprint density at radius 3 is 2.71 bits per heavy atom. The summed E-state index contributed by atoms with van der Waals surface area (Å²) in [5.74, 6) is -1.27. The molecule has 0 spiro atoms. The molecule has 2 rings (SSSR count). The topological polar surface area (TPSA) is 82.5 Å². The largest absolute Gasteiger partial charge is 0.477 e. The van der Waals surface area contributed by atoms with Crippen molar-refractivity contribution in [1.29, 1.82) is 0 Å². The van der Waals surface area contributed by atoms with Crippen molar-refractivity contribution >= 4 is 11.9 Å². The predicted octanol–water partition coefficient (Wildman–Crippen LogP) is -0.175. The highest BCUT2D eigenvalue weighted by molar-refractivity contribution is 5.96. The summed E-state index contributed by atoms with van der Waals surface area (Å²) in [6.45, 7) is 2.82. The number of carboxylic acids is 1. The number of hydrogen-bond donors (Lipinski definition) is 2. The second-order valence-electron chi connectivity index (χ2n) is 3.78. The third kappa shape index (κ3) is 2.59. The second-order valence-corrected chi connectivity index (χ2v) is 3.78. The Morgan fingerprint density at radius 2 is 2.06 bits per heavy atom. The second kappa shape index (κ2) is 4.92. The van der Waals surface area contributed by atoms with Crippen molar-refractivity contribution in [2.75, 3.05) is 26.2 Å². The van der Waals surface area contributed by atoms with Crippen LogP contribution in [0.4, 0.5) is 0 Å². The van der Waals surface area contributed by atoms with Gasteiger partial charge in [0.15, 0.2) is 0 Å². The molecule has 17 heavy (non-hydrogen) atoms. The molecule has 1 amide bonds. The maximum absolute atomic E-state index is 12.1. The van der Waals surface area contributed by atoms with Crippen LogP contribution < -0.4 is 5.32 Å². The molecular weight excluding hydrogens is 222 g/mol. The zero-order valence-corrected chi connectivity index (χ0v) is 9.22. The number of carbonyl (C=O) groups excluding carboxylic acids is 1. The van der Waals surface area contributed by atoms with Gasteiger partial charge in [0.05, 0.1) is 0 Å². The molecular formula is C11H13N3O3. The monoisotopic (exact) mass is 235 g/mol. The first-order valence-corrected chi connectivity index (χ1v) is 5.38. The van der Waals surface area contributed by atoms with E-state index in [0.717, 1.165) is 13.1 Å². The van der Waals surface area contributed by atoms with Gasteiger partial charge in [0, 0.05) is 37.9 Å². The van der Waals surface area contributed by atoms with Crippen LogP contribution in [0.1, 0.15) is 20.8 Å². The summed E-state index contributed by atoms with van der Waals surface area (Å²) in [6, 6.07) is 2.85. The van der Waals surface area contributed by atoms with Crippen LogP contribution in [0.25, 0.3) is 0 Å². The Morgan fingerprint density at radius 1 is 1.35 bits per heavy atom. The van der Waals surface area contributed by atoms with E-state index in [-0.39, 0.29) is 11.6 Å². The summed E-state index contributed by atoms with van der Waals surface area (Å²) >= 11 is 0. The van der Waals surface area contributed by atoms with Crippen LogP contribution >= 0.6 is 0 Å². The molecule has 1 aromatic rings. The molecule has 90 valence electrons. The first kappa shape index (κ1) is 11.5. The average Bonchev–Trinajstić information content (AvgIpc) is 2.39. The van der Waals surface area contributed by atoms with Crippen LogP contribution in [0, 0.1) is 0 Å². The van der Waals surface area contributed by atoms with Crippen molar-refractivity contribution < 1.29 is 14.7 Å². The molecule has 2 heterocycles. The van der Waals surface area contributed by atoms with Crippen LogP contribution in [0.5, 0.6) is 0 Å². The van der Waals surface area contributed by atoms with Gasteiger partial charge in [0.2, 0.25) is 0 Å². The number of nitrogens with zero attached hydrogens (tertiary/aromatic N) is 2. The number of hydrogen-bond acceptors (Lipinski definition) is 4. The molecule has 0 aliphatic carbocycles. The summed E-state index contributed by atoms with van der Waals surface area (Å²) in [5, 5.41) is 12.0. The molecule has 1 aliphatic heterocycles. The minimum atomic E-state index is -1.13. The van der Waals surface area contributed by atoms with Crippen molar-refractivity contribution in [3.05, 3.63) is 29.6 Å². The number of nitrogens with one attached hydrogen (secondary N) is 1. The molecule has 6 nitrogen and oxygen atoms in total. The maximum atomic E-state index is 12.1. The van der Waals surface area contributed by atoms with E-state index in [9.17, 15) is 9.59 Å². The molecule has 6 heteroatoms. The fourth-order valence-corrected chi connectivity index (χ4v) is 1.73. The SMILES string of the molecule is O=C(O)c1cc(C(=O)N2CCNCC2)ccn1. The number of aromatic carboxylic acids is 1. The summed E-state index contributed by atoms with van der Waals surface area (Å²) < 4.78 is 0. The van der Waals surface area contributed by atoms with Gasteiger partial charge in [-0.25, -0.2) is 9.78 Å². The van der Waals surface area contributed by atoms with Gasteiger partial charge < -0.3 is 15.3 Å². The molecule has 0 bridgehead atoms. The van der Waals surface area contributed by atoms with E-state index in [1.54, 1.807) is 4.90 Å². The highest BCUT2D eigenvalue weighted by Gasteiger charge is 2.19. The van der Waals surface area contributed by atoms with E-state index in [1.165, 1.54) is 18.3 Å². The lowest BCUT2D eigenvalue weighted by Crippen LogP contribution is -2.46. The van der Waals surface area contributed by atoms with Gasteiger partial charge in [0.1, 0.15) is 5.69 Å². The quantitative estimate of drug-likeness (QED) is 0.743. The van der Waals surface area contributed by atoms with Crippen LogP contribution in [-0.4, -0.2) is 53.0 Å². The van der Waals surface area contributed by atoms with Crippen molar-refractivity contribution in [2.24, 2.45) is 0 Å². The summed E-state index contributed by atoms with van der Waals surface area (Å²) in [6.07, 6.45) is 1.35. The Hall–Kier alpha value is -1.95. The lowest BCUT2D eigenvalue weighted by molar-refractivity contribution is 0.0690. The standard InChI is InChI=1S/C11H13N3O3/c15-10(14-5-3-12-4-6-14)8-1-2-13-9(7-8)11(16)17/h1-2,7,12H,3-6H2,(H,16,17). The van der Waals surface area contributed by atoms with Crippen molar-refractivity contribution in [2.45, 2.75) is 0 Å². The van der Waals surface area contributed by atoms with E-state index in [0.29, 0.717) is 18.7 Å². The van der Waals surface area contributed by atoms with Crippen LogP contribution in [-0.2, 0) is 0 Å². The number of carbonyl (C=O) groups is 2. The fraction of sp³-hybridized carbons (Fsp3) is 0.364. The third-order valence-corrected chi connectivity index (χ3v) is 2.63. The van der Waals surface area contributed by atoms with Crippen LogP contribution in [0.2, 0.25) is 0 Å². The van der Waals surface area contributed by atoms with Gasteiger partial charge in [-0.3, -0.25) is 4.79 Å². The number of piperazine rings is 1. The first-order chi connectivity index (χ1) is 8.18. The summed E-state index contributed by atoms with van der Waals surface area (Å²) in [5.41, 5.74) is 0.269. The van der Waals surface area contributed by atoms with Gasteiger partial charge in [-0.05, 0) is 12.1 Å². The number of carboxylic acid groups (broad SMARTS) is 1. The molecule has 1 saturated heterocycles. The molecule has 0 atom stereocenters. The molecule has 0 aromatic carbocycles. The average molecular weight is 235 g/mol. The molecule has 2 N–H and O–H groups in total. The Bertz CT molecular complexity index is 441. The predicted molar refractivity (Wildman–Crippen MR) is 60.0 cm³/mol. The van der Waals surface area contributed by atoms with Crippen molar-refractivity contribution in [1.82, 2.24) is 15.2 Å². The molecule has 0 unspecified atom stereocenters. The molecule has 1 fully saturated rings. The van der Waals surface area contributed by atoms with E-state index >= 15 is 0 Å². The minimum absolute atomic E-state index is 0.106. The number of amides is 1. The lowest BCUT2D eigenvalue weighted by atomic mass is 10.2. The smallest absolute Gasteiger partial charge is 0.354 e. The molecule has 0 radical (unpaired) electrons. The summed E-state index contributed by atoms with van der Waals surface area (Å²) in [4.78, 5) is 28.2. The van der Waals surface area contributed by atoms with Gasteiger partial charge >= 0.3 is 5.97 Å². The van der Waals surface area contributed by atoms with E-state index in [2.05, 4.69) is 10.3 Å². The molecule has 1 aromatic heterocycles. The zero-order chi connectivity index (χ0) is 12.3. The van der Waals surface area contributed by atoms with Crippen molar-refractivity contribution in [3.8, 4) is 0 Å². The Balaban J connectivity index is 2.18. The number of pyridine rings is 1. The maximum Gasteiger partial charge on any atom is 0.354 e. The Labute approximate surface area is 98.3 Å². The van der Waals surface area contributed by atoms with Gasteiger partial charge in [-0.2, -0.15) is 0 Å². The Kier molecular flexibility index (Phi) is 3.34. The zero-order valence-electron chi connectivity index (χ0n) is 9.22. The minimum Gasteiger partial charge on any atom is -0.477 e. The highest BCUT2D eigenvalue weighted by atomic mass is 16.4. The molecule has 0 saturated carbocycles.